The zero-order valence-corrected chi connectivity index (χ0v) is 18.2. The molecule has 0 aliphatic heterocycles. The molecule has 0 radical (unpaired) electrons. The van der Waals surface area contributed by atoms with Crippen LogP contribution in [0.15, 0.2) is 59.1 Å². The van der Waals surface area contributed by atoms with Gasteiger partial charge in [-0.25, -0.2) is 4.79 Å². The highest BCUT2D eigenvalue weighted by molar-refractivity contribution is 9.10. The van der Waals surface area contributed by atoms with E-state index < -0.39 is 5.97 Å². The number of aromatic carboxylic acids is 1. The molecule has 0 saturated carbocycles. The Morgan fingerprint density at radius 3 is 2.32 bits per heavy atom. The summed E-state index contributed by atoms with van der Waals surface area (Å²) >= 11 is 4.65. The summed E-state index contributed by atoms with van der Waals surface area (Å²) in [4.78, 5) is 27.8. The van der Waals surface area contributed by atoms with E-state index in [1.165, 1.54) is 11.3 Å². The minimum absolute atomic E-state index is 0.157. The van der Waals surface area contributed by atoms with E-state index in [-0.39, 0.29) is 16.8 Å². The second-order valence-corrected chi connectivity index (χ2v) is 8.65. The van der Waals surface area contributed by atoms with Gasteiger partial charge in [0.25, 0.3) is 5.91 Å². The molecule has 0 spiro atoms. The smallest absolute Gasteiger partial charge is 0.348 e. The van der Waals surface area contributed by atoms with Crippen molar-refractivity contribution in [1.29, 1.82) is 0 Å². The maximum Gasteiger partial charge on any atom is 0.348 e. The Bertz CT molecular complexity index is 1030. The fourth-order valence-electron chi connectivity index (χ4n) is 3.00. The summed E-state index contributed by atoms with van der Waals surface area (Å²) in [5, 5.41) is 9.76. The van der Waals surface area contributed by atoms with Crippen LogP contribution < -0.4 is 4.90 Å². The molecule has 28 heavy (non-hydrogen) atoms. The SMILES string of the molecule is Cc1ccc(C(=O)N(c2cc(-c3ccccc3)sc2C(=O)O)C(C)C)c(Br)c1. The fraction of sp³-hybridized carbons (Fsp3) is 0.182. The quantitative estimate of drug-likeness (QED) is 0.493. The molecule has 0 aliphatic rings. The van der Waals surface area contributed by atoms with Gasteiger partial charge in [0, 0.05) is 15.4 Å². The number of aryl methyl sites for hydroxylation is 1. The molecule has 1 aromatic heterocycles. The summed E-state index contributed by atoms with van der Waals surface area (Å²) in [7, 11) is 0. The van der Waals surface area contributed by atoms with E-state index >= 15 is 0 Å². The zero-order valence-electron chi connectivity index (χ0n) is 15.8. The van der Waals surface area contributed by atoms with Gasteiger partial charge in [-0.15, -0.1) is 11.3 Å². The number of carbonyl (C=O) groups excluding carboxylic acids is 1. The number of hydrogen-bond donors (Lipinski definition) is 1. The molecule has 0 atom stereocenters. The van der Waals surface area contributed by atoms with Crippen LogP contribution in [-0.2, 0) is 0 Å². The van der Waals surface area contributed by atoms with E-state index in [1.54, 1.807) is 17.0 Å². The van der Waals surface area contributed by atoms with Gasteiger partial charge < -0.3 is 10.0 Å². The largest absolute Gasteiger partial charge is 0.477 e. The predicted octanol–water partition coefficient (Wildman–Crippen LogP) is 6.24. The third kappa shape index (κ3) is 4.03. The third-order valence-electron chi connectivity index (χ3n) is 4.31. The molecule has 3 aromatic rings. The number of carbonyl (C=O) groups is 2. The first-order chi connectivity index (χ1) is 13.3. The first-order valence-corrected chi connectivity index (χ1v) is 10.4. The molecule has 1 amide bonds. The maximum absolute atomic E-state index is 13.3. The number of carboxylic acid groups (broad SMARTS) is 1. The Morgan fingerprint density at radius 2 is 1.75 bits per heavy atom. The van der Waals surface area contributed by atoms with Crippen LogP contribution >= 0.6 is 27.3 Å². The molecule has 144 valence electrons. The first kappa shape index (κ1) is 20.3. The number of benzene rings is 2. The van der Waals surface area contributed by atoms with E-state index in [2.05, 4.69) is 15.9 Å². The van der Waals surface area contributed by atoms with Crippen LogP contribution in [0.25, 0.3) is 10.4 Å². The van der Waals surface area contributed by atoms with Crippen molar-refractivity contribution < 1.29 is 14.7 Å². The Kier molecular flexibility index (Phi) is 6.01. The van der Waals surface area contributed by atoms with Gasteiger partial charge in [-0.3, -0.25) is 4.79 Å². The highest BCUT2D eigenvalue weighted by Gasteiger charge is 2.29. The van der Waals surface area contributed by atoms with Gasteiger partial charge in [0.15, 0.2) is 0 Å². The summed E-state index contributed by atoms with van der Waals surface area (Å²) in [6.45, 7) is 5.71. The molecule has 6 heteroatoms. The lowest BCUT2D eigenvalue weighted by atomic mass is 10.1. The highest BCUT2D eigenvalue weighted by Crippen LogP contribution is 2.38. The van der Waals surface area contributed by atoms with Crippen molar-refractivity contribution in [3.63, 3.8) is 0 Å². The third-order valence-corrected chi connectivity index (χ3v) is 6.13. The minimum Gasteiger partial charge on any atom is -0.477 e. The van der Waals surface area contributed by atoms with Crippen LogP contribution in [0.3, 0.4) is 0 Å². The summed E-state index contributed by atoms with van der Waals surface area (Å²) < 4.78 is 0.693. The van der Waals surface area contributed by atoms with E-state index in [1.807, 2.05) is 63.2 Å². The fourth-order valence-corrected chi connectivity index (χ4v) is 4.66. The van der Waals surface area contributed by atoms with Gasteiger partial charge in [0.1, 0.15) is 4.88 Å². The average molecular weight is 458 g/mol. The minimum atomic E-state index is -1.04. The van der Waals surface area contributed by atoms with Crippen molar-refractivity contribution in [2.45, 2.75) is 26.8 Å². The van der Waals surface area contributed by atoms with E-state index in [0.717, 1.165) is 16.0 Å². The number of nitrogens with zero attached hydrogens (tertiary/aromatic N) is 1. The Labute approximate surface area is 176 Å². The van der Waals surface area contributed by atoms with Crippen molar-refractivity contribution in [2.75, 3.05) is 4.90 Å². The molecule has 1 N–H and O–H groups in total. The van der Waals surface area contributed by atoms with Crippen molar-refractivity contribution in [2.24, 2.45) is 0 Å². The lowest BCUT2D eigenvalue weighted by Gasteiger charge is -2.27. The Hall–Kier alpha value is -2.44. The number of rotatable bonds is 5. The molecule has 0 bridgehead atoms. The second-order valence-electron chi connectivity index (χ2n) is 6.75. The molecule has 4 nitrogen and oxygen atoms in total. The summed E-state index contributed by atoms with van der Waals surface area (Å²) in [5.41, 5.74) is 2.88. The molecular weight excluding hydrogens is 438 g/mol. The number of carboxylic acids is 1. The Balaban J connectivity index is 2.13. The number of hydrogen-bond acceptors (Lipinski definition) is 3. The molecule has 0 saturated heterocycles. The van der Waals surface area contributed by atoms with Gasteiger partial charge in [0.2, 0.25) is 0 Å². The molecule has 3 rings (SSSR count). The maximum atomic E-state index is 13.3. The molecule has 0 fully saturated rings. The Morgan fingerprint density at radius 1 is 1.07 bits per heavy atom. The van der Waals surface area contributed by atoms with Crippen molar-refractivity contribution >= 4 is 44.8 Å². The predicted molar refractivity (Wildman–Crippen MR) is 118 cm³/mol. The van der Waals surface area contributed by atoms with Crippen LogP contribution in [0.2, 0.25) is 0 Å². The number of halogens is 1. The first-order valence-electron chi connectivity index (χ1n) is 8.82. The number of thiophene rings is 1. The van der Waals surface area contributed by atoms with Crippen LogP contribution in [0.5, 0.6) is 0 Å². The van der Waals surface area contributed by atoms with Gasteiger partial charge in [-0.2, -0.15) is 0 Å². The highest BCUT2D eigenvalue weighted by atomic mass is 79.9. The van der Waals surface area contributed by atoms with Crippen LogP contribution in [-0.4, -0.2) is 23.0 Å². The monoisotopic (exact) mass is 457 g/mol. The summed E-state index contributed by atoms with van der Waals surface area (Å²) in [6, 6.07) is 16.7. The summed E-state index contributed by atoms with van der Waals surface area (Å²) in [6.07, 6.45) is 0. The zero-order chi connectivity index (χ0) is 20.4. The molecule has 0 unspecified atom stereocenters. The van der Waals surface area contributed by atoms with Crippen molar-refractivity contribution in [1.82, 2.24) is 0 Å². The average Bonchev–Trinajstić information content (AvgIpc) is 3.07. The standard InChI is InChI=1S/C22H20BrNO3S/c1-13(2)24(21(25)16-10-9-14(3)11-17(16)23)18-12-19(28-20(18)22(26)27)15-7-5-4-6-8-15/h4-13H,1-3H3,(H,26,27). The van der Waals surface area contributed by atoms with Crippen molar-refractivity contribution in [3.8, 4) is 10.4 Å². The van der Waals surface area contributed by atoms with Crippen LogP contribution in [0.4, 0.5) is 5.69 Å². The van der Waals surface area contributed by atoms with Crippen LogP contribution in [0, 0.1) is 6.92 Å². The second kappa shape index (κ2) is 8.29. The van der Waals surface area contributed by atoms with E-state index in [9.17, 15) is 14.7 Å². The molecular formula is C22H20BrNO3S. The molecule has 0 aliphatic carbocycles. The van der Waals surface area contributed by atoms with Gasteiger partial charge >= 0.3 is 5.97 Å². The summed E-state index contributed by atoms with van der Waals surface area (Å²) in [5.74, 6) is -1.27. The van der Waals surface area contributed by atoms with E-state index in [0.29, 0.717) is 15.7 Å². The van der Waals surface area contributed by atoms with Crippen molar-refractivity contribution in [3.05, 3.63) is 75.1 Å². The molecule has 1 heterocycles. The lowest BCUT2D eigenvalue weighted by molar-refractivity contribution is 0.0703. The normalized spacial score (nSPS) is 10.9. The lowest BCUT2D eigenvalue weighted by Crippen LogP contribution is -2.37. The topological polar surface area (TPSA) is 57.6 Å². The van der Waals surface area contributed by atoms with Gasteiger partial charge in [-0.1, -0.05) is 36.4 Å². The van der Waals surface area contributed by atoms with Crippen LogP contribution in [0.1, 0.15) is 39.4 Å². The number of anilines is 1. The van der Waals surface area contributed by atoms with Gasteiger partial charge in [0.05, 0.1) is 11.3 Å². The number of amides is 1. The van der Waals surface area contributed by atoms with E-state index in [4.69, 9.17) is 0 Å². The molecule has 2 aromatic carbocycles. The van der Waals surface area contributed by atoms with Gasteiger partial charge in [-0.05, 0) is 66.0 Å².